The summed E-state index contributed by atoms with van der Waals surface area (Å²) in [6, 6.07) is 13.3. The van der Waals surface area contributed by atoms with Gasteiger partial charge in [0.15, 0.2) is 0 Å². The normalized spacial score (nSPS) is 15.3. The molecule has 1 aliphatic heterocycles. The van der Waals surface area contributed by atoms with Gasteiger partial charge in [-0.2, -0.15) is 0 Å². The van der Waals surface area contributed by atoms with Crippen LogP contribution in [0, 0.1) is 12.8 Å². The zero-order chi connectivity index (χ0) is 21.1. The number of likely N-dealkylation sites (tertiary alicyclic amines) is 1. The van der Waals surface area contributed by atoms with Crippen LogP contribution in [0.2, 0.25) is 0 Å². The first kappa shape index (κ1) is 20.2. The van der Waals surface area contributed by atoms with E-state index in [2.05, 4.69) is 15.2 Å². The number of pyridine rings is 1. The van der Waals surface area contributed by atoms with E-state index >= 15 is 0 Å². The molecule has 1 amide bonds. The number of phenols is 1. The lowest BCUT2D eigenvalue weighted by Crippen LogP contribution is -2.37. The van der Waals surface area contributed by atoms with Gasteiger partial charge in [0.05, 0.1) is 7.11 Å². The topological polar surface area (TPSA) is 74.7 Å². The number of carbonyl (C=O) groups excluding carboxylic acids is 1. The minimum atomic E-state index is -0.0226. The van der Waals surface area contributed by atoms with E-state index in [9.17, 15) is 9.90 Å². The summed E-state index contributed by atoms with van der Waals surface area (Å²) in [7, 11) is 1.64. The van der Waals surface area contributed by atoms with Crippen LogP contribution in [0.15, 0.2) is 48.7 Å². The number of benzene rings is 2. The third-order valence-corrected chi connectivity index (χ3v) is 5.82. The molecule has 0 radical (unpaired) electrons. The first-order valence-electron chi connectivity index (χ1n) is 10.3. The maximum absolute atomic E-state index is 12.6. The first-order valence-corrected chi connectivity index (χ1v) is 10.3. The summed E-state index contributed by atoms with van der Waals surface area (Å²) in [5, 5.41) is 15.5. The Hall–Kier alpha value is -3.12. The van der Waals surface area contributed by atoms with Crippen molar-refractivity contribution in [2.45, 2.75) is 26.3 Å². The molecule has 1 saturated heterocycles. The number of fused-ring (bicyclic) bond motifs is 1. The molecule has 2 N–H and O–H groups in total. The van der Waals surface area contributed by atoms with Crippen LogP contribution >= 0.6 is 0 Å². The second kappa shape index (κ2) is 8.71. The Bertz CT molecular complexity index is 1040. The Morgan fingerprint density at radius 3 is 2.67 bits per heavy atom. The van der Waals surface area contributed by atoms with E-state index in [4.69, 9.17) is 4.74 Å². The van der Waals surface area contributed by atoms with Crippen molar-refractivity contribution in [3.8, 4) is 11.5 Å². The van der Waals surface area contributed by atoms with Crippen LogP contribution in [-0.2, 0) is 11.3 Å². The summed E-state index contributed by atoms with van der Waals surface area (Å²) in [5.41, 5.74) is 1.97. The fourth-order valence-corrected chi connectivity index (χ4v) is 3.99. The number of aromatic hydroxyl groups is 1. The molecule has 1 aliphatic rings. The molecule has 1 fully saturated rings. The maximum atomic E-state index is 12.6. The first-order chi connectivity index (χ1) is 14.5. The highest BCUT2D eigenvalue weighted by Gasteiger charge is 2.26. The SMILES string of the molecule is COc1ccc2ccc(O)c(CN3CCC(C(=O)Nc4ccc(C)cn4)CC3)c2c1. The van der Waals surface area contributed by atoms with Crippen LogP contribution in [0.5, 0.6) is 11.5 Å². The zero-order valence-corrected chi connectivity index (χ0v) is 17.4. The number of hydrogen-bond donors (Lipinski definition) is 2. The molecule has 3 aromatic rings. The lowest BCUT2D eigenvalue weighted by molar-refractivity contribution is -0.121. The van der Waals surface area contributed by atoms with Crippen LogP contribution < -0.4 is 10.1 Å². The second-order valence-electron chi connectivity index (χ2n) is 7.91. The minimum Gasteiger partial charge on any atom is -0.508 e. The largest absolute Gasteiger partial charge is 0.508 e. The Balaban J connectivity index is 1.41. The van der Waals surface area contributed by atoms with Gasteiger partial charge < -0.3 is 15.2 Å². The fourth-order valence-electron chi connectivity index (χ4n) is 3.99. The molecular weight excluding hydrogens is 378 g/mol. The van der Waals surface area contributed by atoms with Crippen molar-refractivity contribution in [1.82, 2.24) is 9.88 Å². The number of carbonyl (C=O) groups is 1. The molecule has 0 bridgehead atoms. The Morgan fingerprint density at radius 1 is 1.20 bits per heavy atom. The average molecular weight is 405 g/mol. The summed E-state index contributed by atoms with van der Waals surface area (Å²) in [6.45, 7) is 4.22. The van der Waals surface area contributed by atoms with Gasteiger partial charge >= 0.3 is 0 Å². The number of rotatable bonds is 5. The number of hydrogen-bond acceptors (Lipinski definition) is 5. The van der Waals surface area contributed by atoms with E-state index in [1.807, 2.05) is 43.3 Å². The van der Waals surface area contributed by atoms with E-state index in [1.165, 1.54) is 0 Å². The van der Waals surface area contributed by atoms with Gasteiger partial charge in [-0.1, -0.05) is 18.2 Å². The number of nitrogens with zero attached hydrogens (tertiary/aromatic N) is 2. The second-order valence-corrected chi connectivity index (χ2v) is 7.91. The van der Waals surface area contributed by atoms with Crippen LogP contribution in [0.1, 0.15) is 24.0 Å². The summed E-state index contributed by atoms with van der Waals surface area (Å²) >= 11 is 0. The molecule has 0 spiro atoms. The average Bonchev–Trinajstić information content (AvgIpc) is 2.77. The number of ether oxygens (including phenoxy) is 1. The number of methoxy groups -OCH3 is 1. The highest BCUT2D eigenvalue weighted by Crippen LogP contribution is 2.32. The van der Waals surface area contributed by atoms with Gasteiger partial charge in [0.1, 0.15) is 17.3 Å². The van der Waals surface area contributed by atoms with Crippen LogP contribution in [0.25, 0.3) is 10.8 Å². The number of anilines is 1. The van der Waals surface area contributed by atoms with Crippen molar-refractivity contribution in [2.75, 3.05) is 25.5 Å². The minimum absolute atomic E-state index is 0.0226. The Labute approximate surface area is 176 Å². The molecule has 6 nitrogen and oxygen atoms in total. The molecule has 0 atom stereocenters. The summed E-state index contributed by atoms with van der Waals surface area (Å²) in [5.74, 6) is 1.67. The third-order valence-electron chi connectivity index (χ3n) is 5.82. The monoisotopic (exact) mass is 405 g/mol. The number of nitrogens with one attached hydrogen (secondary N) is 1. The van der Waals surface area contributed by atoms with Crippen LogP contribution in [0.4, 0.5) is 5.82 Å². The van der Waals surface area contributed by atoms with E-state index in [0.717, 1.165) is 53.6 Å². The molecule has 4 rings (SSSR count). The number of phenolic OH excluding ortho intramolecular Hbond substituents is 1. The van der Waals surface area contributed by atoms with Gasteiger partial charge in [-0.25, -0.2) is 4.98 Å². The van der Waals surface area contributed by atoms with Gasteiger partial charge in [-0.15, -0.1) is 0 Å². The van der Waals surface area contributed by atoms with Gasteiger partial charge in [0.25, 0.3) is 0 Å². The van der Waals surface area contributed by atoms with Gasteiger partial charge in [-0.05, 0) is 73.5 Å². The maximum Gasteiger partial charge on any atom is 0.228 e. The summed E-state index contributed by atoms with van der Waals surface area (Å²) in [6.07, 6.45) is 3.32. The number of amides is 1. The molecule has 0 aliphatic carbocycles. The highest BCUT2D eigenvalue weighted by atomic mass is 16.5. The van der Waals surface area contributed by atoms with Gasteiger partial charge in [0.2, 0.25) is 5.91 Å². The summed E-state index contributed by atoms with van der Waals surface area (Å²) < 4.78 is 5.36. The fraction of sp³-hybridized carbons (Fsp3) is 0.333. The van der Waals surface area contributed by atoms with E-state index in [0.29, 0.717) is 18.1 Å². The van der Waals surface area contributed by atoms with Crippen molar-refractivity contribution in [3.05, 3.63) is 59.8 Å². The lowest BCUT2D eigenvalue weighted by Gasteiger charge is -2.31. The van der Waals surface area contributed by atoms with Crippen molar-refractivity contribution < 1.29 is 14.6 Å². The Kier molecular flexibility index (Phi) is 5.86. The van der Waals surface area contributed by atoms with Crippen molar-refractivity contribution in [1.29, 1.82) is 0 Å². The lowest BCUT2D eigenvalue weighted by atomic mass is 9.95. The predicted molar refractivity (Wildman–Crippen MR) is 118 cm³/mol. The molecule has 0 saturated carbocycles. The van der Waals surface area contributed by atoms with Crippen LogP contribution in [0.3, 0.4) is 0 Å². The zero-order valence-electron chi connectivity index (χ0n) is 17.4. The predicted octanol–water partition coefficient (Wildman–Crippen LogP) is 4.11. The van der Waals surface area contributed by atoms with Crippen molar-refractivity contribution >= 4 is 22.5 Å². The molecular formula is C24H27N3O3. The Morgan fingerprint density at radius 2 is 1.97 bits per heavy atom. The number of piperidine rings is 1. The molecule has 2 aromatic carbocycles. The van der Waals surface area contributed by atoms with Gasteiger partial charge in [-0.3, -0.25) is 9.69 Å². The number of aryl methyl sites for hydroxylation is 1. The van der Waals surface area contributed by atoms with E-state index in [-0.39, 0.29) is 11.8 Å². The van der Waals surface area contributed by atoms with E-state index < -0.39 is 0 Å². The third kappa shape index (κ3) is 4.39. The van der Waals surface area contributed by atoms with E-state index in [1.54, 1.807) is 19.4 Å². The molecule has 30 heavy (non-hydrogen) atoms. The smallest absolute Gasteiger partial charge is 0.228 e. The molecule has 1 aromatic heterocycles. The highest BCUT2D eigenvalue weighted by molar-refractivity contribution is 5.91. The molecule has 0 unspecified atom stereocenters. The van der Waals surface area contributed by atoms with Crippen LogP contribution in [-0.4, -0.2) is 41.1 Å². The van der Waals surface area contributed by atoms with Crippen molar-refractivity contribution in [2.24, 2.45) is 5.92 Å². The molecule has 2 heterocycles. The standard InChI is InChI=1S/C24H27N3O3/c1-16-3-8-23(25-14-16)26-24(29)18-9-11-27(12-10-18)15-21-20-13-19(30-2)6-4-17(20)5-7-22(21)28/h3-8,13-14,18,28H,9-12,15H2,1-2H3,(H,25,26,29). The molecule has 6 heteroatoms. The van der Waals surface area contributed by atoms with Crippen molar-refractivity contribution in [3.63, 3.8) is 0 Å². The quantitative estimate of drug-likeness (QED) is 0.668. The molecule has 156 valence electrons. The number of aromatic nitrogens is 1. The summed E-state index contributed by atoms with van der Waals surface area (Å²) in [4.78, 5) is 19.1. The van der Waals surface area contributed by atoms with Gasteiger partial charge in [0, 0.05) is 24.2 Å².